The molecule has 2 aromatic rings. The van der Waals surface area contributed by atoms with Gasteiger partial charge in [-0.3, -0.25) is 9.82 Å². The fourth-order valence-electron chi connectivity index (χ4n) is 1.74. The molecule has 2 rings (SSSR count). The highest BCUT2D eigenvalue weighted by Gasteiger charge is 2.33. The van der Waals surface area contributed by atoms with Crippen LogP contribution in [-0.2, 0) is 27.5 Å². The van der Waals surface area contributed by atoms with E-state index in [1.807, 2.05) is 4.72 Å². The van der Waals surface area contributed by atoms with Crippen molar-refractivity contribution in [3.8, 4) is 0 Å². The van der Waals surface area contributed by atoms with Gasteiger partial charge >= 0.3 is 6.18 Å². The molecule has 11 heteroatoms. The number of halogens is 4. The van der Waals surface area contributed by atoms with Crippen molar-refractivity contribution in [3.05, 3.63) is 40.5 Å². The standard InChI is InChI=1S/C12H11ClF3N3O3S/c1-22-6-7-2-8(13)4-9(3-7)23(20,21)19-11-5-10(17-18-11)12(14,15)16/h2-5H,6H2,1H3,(H2,17,18,19). The fourth-order valence-corrected chi connectivity index (χ4v) is 3.15. The van der Waals surface area contributed by atoms with Crippen molar-refractivity contribution in [1.29, 1.82) is 0 Å². The van der Waals surface area contributed by atoms with Gasteiger partial charge in [-0.1, -0.05) is 11.6 Å². The maximum Gasteiger partial charge on any atom is 0.432 e. The predicted molar refractivity (Wildman–Crippen MR) is 76.6 cm³/mol. The average molecular weight is 370 g/mol. The number of nitrogens with zero attached hydrogens (tertiary/aromatic N) is 1. The van der Waals surface area contributed by atoms with E-state index >= 15 is 0 Å². The van der Waals surface area contributed by atoms with Crippen LogP contribution in [0.25, 0.3) is 0 Å². The SMILES string of the molecule is COCc1cc(Cl)cc(S(=O)(=O)Nc2cc(C(F)(F)F)[nH]n2)c1. The normalized spacial score (nSPS) is 12.4. The molecule has 1 heterocycles. The number of sulfonamides is 1. The van der Waals surface area contributed by atoms with Gasteiger partial charge in [-0.25, -0.2) is 8.42 Å². The minimum Gasteiger partial charge on any atom is -0.380 e. The van der Waals surface area contributed by atoms with Gasteiger partial charge in [0.05, 0.1) is 11.5 Å². The van der Waals surface area contributed by atoms with Crippen LogP contribution in [0.3, 0.4) is 0 Å². The van der Waals surface area contributed by atoms with Crippen LogP contribution in [0.2, 0.25) is 5.02 Å². The first-order valence-electron chi connectivity index (χ1n) is 6.05. The third kappa shape index (κ3) is 4.36. The third-order valence-electron chi connectivity index (χ3n) is 2.67. The highest BCUT2D eigenvalue weighted by molar-refractivity contribution is 7.92. The summed E-state index contributed by atoms with van der Waals surface area (Å²) in [6.07, 6.45) is -4.65. The molecule has 0 atom stereocenters. The molecule has 0 bridgehead atoms. The summed E-state index contributed by atoms with van der Waals surface area (Å²) < 4.78 is 68.7. The second-order valence-corrected chi connectivity index (χ2v) is 6.62. The Morgan fingerprint density at radius 2 is 2.00 bits per heavy atom. The number of H-pyrrole nitrogens is 1. The molecule has 0 aliphatic rings. The highest BCUT2D eigenvalue weighted by Crippen LogP contribution is 2.29. The first-order valence-corrected chi connectivity index (χ1v) is 7.92. The van der Waals surface area contributed by atoms with Crippen LogP contribution in [-0.4, -0.2) is 25.7 Å². The van der Waals surface area contributed by atoms with E-state index in [9.17, 15) is 21.6 Å². The Kier molecular flexibility index (Phi) is 4.87. The van der Waals surface area contributed by atoms with Crippen LogP contribution in [0.5, 0.6) is 0 Å². The smallest absolute Gasteiger partial charge is 0.380 e. The van der Waals surface area contributed by atoms with Gasteiger partial charge in [0, 0.05) is 18.2 Å². The van der Waals surface area contributed by atoms with Crippen molar-refractivity contribution in [3.63, 3.8) is 0 Å². The van der Waals surface area contributed by atoms with Crippen molar-refractivity contribution >= 4 is 27.4 Å². The molecule has 0 unspecified atom stereocenters. The molecule has 0 aliphatic heterocycles. The first-order chi connectivity index (χ1) is 10.6. The molecule has 0 fully saturated rings. The lowest BCUT2D eigenvalue weighted by atomic mass is 10.2. The van der Waals surface area contributed by atoms with E-state index in [4.69, 9.17) is 16.3 Å². The number of benzene rings is 1. The second-order valence-electron chi connectivity index (χ2n) is 4.50. The number of ether oxygens (including phenoxy) is 1. The Labute approximate surface area is 134 Å². The number of methoxy groups -OCH3 is 1. The predicted octanol–water partition coefficient (Wildman–Crippen LogP) is 3.03. The van der Waals surface area contributed by atoms with Gasteiger partial charge in [0.15, 0.2) is 5.82 Å². The number of nitrogens with one attached hydrogen (secondary N) is 2. The quantitative estimate of drug-likeness (QED) is 0.848. The zero-order valence-electron chi connectivity index (χ0n) is 11.6. The summed E-state index contributed by atoms with van der Waals surface area (Å²) in [5, 5.41) is 5.15. The van der Waals surface area contributed by atoms with E-state index in [2.05, 4.69) is 5.10 Å². The molecular formula is C12H11ClF3N3O3S. The number of aromatic amines is 1. The van der Waals surface area contributed by atoms with Crippen molar-refractivity contribution < 1.29 is 26.3 Å². The van der Waals surface area contributed by atoms with Crippen LogP contribution in [0.15, 0.2) is 29.2 Å². The maximum atomic E-state index is 12.5. The number of rotatable bonds is 5. The molecule has 0 radical (unpaired) electrons. The third-order valence-corrected chi connectivity index (χ3v) is 4.23. The zero-order chi connectivity index (χ0) is 17.3. The van der Waals surface area contributed by atoms with Crippen LogP contribution in [0.4, 0.5) is 19.0 Å². The Bertz CT molecular complexity index is 805. The van der Waals surface area contributed by atoms with Crippen molar-refractivity contribution in [2.24, 2.45) is 0 Å². The van der Waals surface area contributed by atoms with Crippen LogP contribution in [0.1, 0.15) is 11.3 Å². The van der Waals surface area contributed by atoms with Gasteiger partial charge in [0.25, 0.3) is 10.0 Å². The van der Waals surface area contributed by atoms with E-state index in [1.54, 1.807) is 5.10 Å². The molecule has 23 heavy (non-hydrogen) atoms. The fraction of sp³-hybridized carbons (Fsp3) is 0.250. The largest absolute Gasteiger partial charge is 0.432 e. The summed E-state index contributed by atoms with van der Waals surface area (Å²) in [7, 11) is -2.72. The van der Waals surface area contributed by atoms with Gasteiger partial charge in [0.2, 0.25) is 0 Å². The van der Waals surface area contributed by atoms with Crippen molar-refractivity contribution in [1.82, 2.24) is 10.2 Å². The minimum atomic E-state index is -4.65. The van der Waals surface area contributed by atoms with Gasteiger partial charge in [-0.05, 0) is 23.8 Å². The minimum absolute atomic E-state index is 0.129. The lowest BCUT2D eigenvalue weighted by Gasteiger charge is -2.08. The number of alkyl halides is 3. The zero-order valence-corrected chi connectivity index (χ0v) is 13.2. The molecule has 0 saturated carbocycles. The molecule has 0 spiro atoms. The van der Waals surface area contributed by atoms with Gasteiger partial charge < -0.3 is 4.74 Å². The highest BCUT2D eigenvalue weighted by atomic mass is 35.5. The maximum absolute atomic E-state index is 12.5. The van der Waals surface area contributed by atoms with Gasteiger partial charge in [0.1, 0.15) is 5.69 Å². The summed E-state index contributed by atoms with van der Waals surface area (Å²) >= 11 is 5.84. The molecule has 0 saturated heterocycles. The lowest BCUT2D eigenvalue weighted by molar-refractivity contribution is -0.141. The van der Waals surface area contributed by atoms with E-state index in [1.165, 1.54) is 25.3 Å². The van der Waals surface area contributed by atoms with E-state index in [0.717, 1.165) is 0 Å². The van der Waals surface area contributed by atoms with E-state index in [-0.39, 0.29) is 16.5 Å². The second kappa shape index (κ2) is 6.38. The Morgan fingerprint density at radius 1 is 1.30 bits per heavy atom. The monoisotopic (exact) mass is 369 g/mol. The summed E-state index contributed by atoms with van der Waals surface area (Å²) in [6, 6.07) is 4.54. The molecular weight excluding hydrogens is 359 g/mol. The van der Waals surface area contributed by atoms with Crippen LogP contribution >= 0.6 is 11.6 Å². The summed E-state index contributed by atoms with van der Waals surface area (Å²) in [6.45, 7) is 0.129. The summed E-state index contributed by atoms with van der Waals surface area (Å²) in [5.41, 5.74) is -0.667. The lowest BCUT2D eigenvalue weighted by Crippen LogP contribution is -2.13. The molecule has 126 valence electrons. The number of hydrogen-bond donors (Lipinski definition) is 2. The van der Waals surface area contributed by atoms with Gasteiger partial charge in [-0.15, -0.1) is 0 Å². The summed E-state index contributed by atoms with van der Waals surface area (Å²) in [5.74, 6) is -0.481. The molecule has 0 amide bonds. The molecule has 0 aliphatic carbocycles. The van der Waals surface area contributed by atoms with Crippen LogP contribution < -0.4 is 4.72 Å². The number of hydrogen-bond acceptors (Lipinski definition) is 4. The number of anilines is 1. The molecule has 1 aromatic carbocycles. The topological polar surface area (TPSA) is 84.1 Å². The molecule has 1 aromatic heterocycles. The average Bonchev–Trinajstić information content (AvgIpc) is 2.86. The first kappa shape index (κ1) is 17.6. The Balaban J connectivity index is 2.30. The molecule has 6 nitrogen and oxygen atoms in total. The van der Waals surface area contributed by atoms with E-state index in [0.29, 0.717) is 11.6 Å². The summed E-state index contributed by atoms with van der Waals surface area (Å²) in [4.78, 5) is -0.214. The number of aromatic nitrogens is 2. The van der Waals surface area contributed by atoms with Crippen molar-refractivity contribution in [2.75, 3.05) is 11.8 Å². The van der Waals surface area contributed by atoms with Crippen molar-refractivity contribution in [2.45, 2.75) is 17.7 Å². The van der Waals surface area contributed by atoms with Crippen LogP contribution in [0, 0.1) is 0 Å². The van der Waals surface area contributed by atoms with Gasteiger partial charge in [-0.2, -0.15) is 18.3 Å². The van der Waals surface area contributed by atoms with E-state index < -0.39 is 27.7 Å². The Morgan fingerprint density at radius 3 is 2.57 bits per heavy atom. The molecule has 2 N–H and O–H groups in total. The Hall–Kier alpha value is -1.78.